The minimum Gasteiger partial charge on any atom is -0.369 e. The van der Waals surface area contributed by atoms with Gasteiger partial charge in [0.2, 0.25) is 0 Å². The zero-order valence-electron chi connectivity index (χ0n) is 11.1. The quantitative estimate of drug-likeness (QED) is 0.817. The van der Waals surface area contributed by atoms with Crippen LogP contribution in [0.5, 0.6) is 0 Å². The van der Waals surface area contributed by atoms with Gasteiger partial charge in [-0.3, -0.25) is 4.79 Å². The lowest BCUT2D eigenvalue weighted by atomic mass is 10.1. The number of piperazine rings is 1. The minimum absolute atomic E-state index is 0.0676. The molecule has 1 aromatic rings. The summed E-state index contributed by atoms with van der Waals surface area (Å²) in [5, 5.41) is 13.7. The molecule has 0 saturated carbocycles. The van der Waals surface area contributed by atoms with E-state index in [-0.39, 0.29) is 5.91 Å². The normalized spacial score (nSPS) is 22.8. The number of carbonyl (C=O) groups excluding carboxylic acids is 1. The van der Waals surface area contributed by atoms with Crippen LogP contribution in [-0.2, 0) is 0 Å². The fraction of sp³-hybridized carbons (Fsp3) is 0.500. The molecule has 0 aliphatic carbocycles. The summed E-state index contributed by atoms with van der Waals surface area (Å²) >= 11 is 0. The Morgan fingerprint density at radius 2 is 2.11 bits per heavy atom. The number of aliphatic hydroxyl groups is 1. The predicted octanol–water partition coefficient (Wildman–Crippen LogP) is 0.563. The molecule has 5 heteroatoms. The Morgan fingerprint density at radius 1 is 1.37 bits per heavy atom. The summed E-state index contributed by atoms with van der Waals surface area (Å²) in [5.41, 5.74) is 2.41. The Morgan fingerprint density at radius 3 is 2.79 bits per heavy atom. The Bertz CT molecular complexity index is 497. The molecule has 1 amide bonds. The number of fused-ring (bicyclic) bond motifs is 1. The van der Waals surface area contributed by atoms with Crippen molar-refractivity contribution in [1.29, 1.82) is 0 Å². The summed E-state index contributed by atoms with van der Waals surface area (Å²) in [7, 11) is 0. The molecule has 1 unspecified atom stereocenters. The second-order valence-electron chi connectivity index (χ2n) is 4.94. The third-order valence-corrected chi connectivity index (χ3v) is 3.93. The van der Waals surface area contributed by atoms with Crippen LogP contribution < -0.4 is 10.2 Å². The van der Waals surface area contributed by atoms with Crippen LogP contribution in [0.4, 0.5) is 5.69 Å². The molecule has 2 aliphatic rings. The average molecular weight is 261 g/mol. The minimum atomic E-state index is -0.807. The van der Waals surface area contributed by atoms with Gasteiger partial charge in [-0.1, -0.05) is 6.07 Å². The molecule has 1 fully saturated rings. The van der Waals surface area contributed by atoms with E-state index in [9.17, 15) is 9.90 Å². The monoisotopic (exact) mass is 261 g/mol. The van der Waals surface area contributed by atoms with E-state index in [1.165, 1.54) is 4.90 Å². The van der Waals surface area contributed by atoms with Crippen LogP contribution in [0, 0.1) is 0 Å². The van der Waals surface area contributed by atoms with Crippen LogP contribution in [0.3, 0.4) is 0 Å². The van der Waals surface area contributed by atoms with E-state index in [2.05, 4.69) is 10.2 Å². The first-order valence-corrected chi connectivity index (χ1v) is 6.81. The molecule has 3 rings (SSSR count). The highest BCUT2D eigenvalue weighted by Crippen LogP contribution is 2.38. The van der Waals surface area contributed by atoms with Crippen molar-refractivity contribution in [3.05, 3.63) is 29.3 Å². The maximum atomic E-state index is 12.2. The lowest BCUT2D eigenvalue weighted by Gasteiger charge is -2.31. The standard InChI is InChI=1S/C14H19N3O2/c1-2-17-13(18)10-4-3-5-11(12(10)14(17)19)16-8-6-15-7-9-16/h3-5,14-15,19H,2,6-9H2,1H3. The molecule has 19 heavy (non-hydrogen) atoms. The number of benzene rings is 1. The summed E-state index contributed by atoms with van der Waals surface area (Å²) in [5.74, 6) is -0.0676. The molecule has 2 heterocycles. The van der Waals surface area contributed by atoms with E-state index >= 15 is 0 Å². The highest BCUT2D eigenvalue weighted by Gasteiger charge is 2.37. The summed E-state index contributed by atoms with van der Waals surface area (Å²) < 4.78 is 0. The maximum Gasteiger partial charge on any atom is 0.256 e. The number of hydrogen-bond donors (Lipinski definition) is 2. The number of amides is 1. The van der Waals surface area contributed by atoms with Crippen molar-refractivity contribution in [3.63, 3.8) is 0 Å². The number of rotatable bonds is 2. The highest BCUT2D eigenvalue weighted by molar-refractivity contribution is 6.00. The number of anilines is 1. The van der Waals surface area contributed by atoms with Crippen molar-refractivity contribution in [2.45, 2.75) is 13.2 Å². The average Bonchev–Trinajstić information content (AvgIpc) is 2.71. The van der Waals surface area contributed by atoms with Gasteiger partial charge in [0.25, 0.3) is 5.91 Å². The predicted molar refractivity (Wildman–Crippen MR) is 73.2 cm³/mol. The molecule has 1 atom stereocenters. The smallest absolute Gasteiger partial charge is 0.256 e. The fourth-order valence-corrected chi connectivity index (χ4v) is 2.93. The third-order valence-electron chi connectivity index (χ3n) is 3.93. The molecule has 1 aromatic carbocycles. The van der Waals surface area contributed by atoms with Crippen LogP contribution in [0.1, 0.15) is 29.1 Å². The largest absolute Gasteiger partial charge is 0.369 e. The fourth-order valence-electron chi connectivity index (χ4n) is 2.93. The van der Waals surface area contributed by atoms with Crippen molar-refractivity contribution < 1.29 is 9.90 Å². The second kappa shape index (κ2) is 4.83. The molecule has 0 radical (unpaired) electrons. The topological polar surface area (TPSA) is 55.8 Å². The molecular formula is C14H19N3O2. The number of hydrogen-bond acceptors (Lipinski definition) is 4. The van der Waals surface area contributed by atoms with E-state index in [0.29, 0.717) is 12.1 Å². The van der Waals surface area contributed by atoms with Gasteiger partial charge in [0.1, 0.15) is 0 Å². The second-order valence-corrected chi connectivity index (χ2v) is 4.94. The van der Waals surface area contributed by atoms with Crippen LogP contribution in [-0.4, -0.2) is 48.6 Å². The molecule has 2 N–H and O–H groups in total. The summed E-state index contributed by atoms with van der Waals surface area (Å²) in [4.78, 5) is 16.0. The van der Waals surface area contributed by atoms with Gasteiger partial charge in [-0.2, -0.15) is 0 Å². The summed E-state index contributed by atoms with van der Waals surface area (Å²) in [6.45, 7) is 6.09. The summed E-state index contributed by atoms with van der Waals surface area (Å²) in [6.07, 6.45) is -0.807. The van der Waals surface area contributed by atoms with E-state index in [4.69, 9.17) is 0 Å². The Hall–Kier alpha value is -1.59. The number of aliphatic hydroxyl groups excluding tert-OH is 1. The van der Waals surface area contributed by atoms with E-state index < -0.39 is 6.23 Å². The highest BCUT2D eigenvalue weighted by atomic mass is 16.3. The first kappa shape index (κ1) is 12.4. The molecule has 0 bridgehead atoms. The Balaban J connectivity index is 2.03. The van der Waals surface area contributed by atoms with Crippen molar-refractivity contribution in [2.24, 2.45) is 0 Å². The number of carbonyl (C=O) groups is 1. The van der Waals surface area contributed by atoms with Gasteiger partial charge in [0, 0.05) is 49.5 Å². The zero-order valence-corrected chi connectivity index (χ0v) is 11.1. The third kappa shape index (κ3) is 1.89. The molecular weight excluding hydrogens is 242 g/mol. The van der Waals surface area contributed by atoms with E-state index in [0.717, 1.165) is 37.4 Å². The molecule has 102 valence electrons. The maximum absolute atomic E-state index is 12.2. The Labute approximate surface area is 112 Å². The van der Waals surface area contributed by atoms with Gasteiger partial charge < -0.3 is 20.2 Å². The van der Waals surface area contributed by atoms with Crippen LogP contribution in [0.25, 0.3) is 0 Å². The molecule has 0 spiro atoms. The van der Waals surface area contributed by atoms with Crippen molar-refractivity contribution in [2.75, 3.05) is 37.6 Å². The summed E-state index contributed by atoms with van der Waals surface area (Å²) in [6, 6.07) is 5.71. The van der Waals surface area contributed by atoms with Gasteiger partial charge in [0.15, 0.2) is 6.23 Å². The van der Waals surface area contributed by atoms with Crippen molar-refractivity contribution >= 4 is 11.6 Å². The van der Waals surface area contributed by atoms with Gasteiger partial charge in [-0.15, -0.1) is 0 Å². The van der Waals surface area contributed by atoms with Crippen LogP contribution in [0.15, 0.2) is 18.2 Å². The number of nitrogens with one attached hydrogen (secondary N) is 1. The van der Waals surface area contributed by atoms with Gasteiger partial charge >= 0.3 is 0 Å². The Kier molecular flexibility index (Phi) is 3.16. The lowest BCUT2D eigenvalue weighted by molar-refractivity contribution is 0.0204. The van der Waals surface area contributed by atoms with Crippen molar-refractivity contribution in [1.82, 2.24) is 10.2 Å². The zero-order chi connectivity index (χ0) is 13.4. The van der Waals surface area contributed by atoms with Gasteiger partial charge in [-0.05, 0) is 19.1 Å². The lowest BCUT2D eigenvalue weighted by Crippen LogP contribution is -2.44. The van der Waals surface area contributed by atoms with Crippen molar-refractivity contribution in [3.8, 4) is 0 Å². The van der Waals surface area contributed by atoms with E-state index in [1.54, 1.807) is 0 Å². The van der Waals surface area contributed by atoms with E-state index in [1.807, 2.05) is 25.1 Å². The SMILES string of the molecule is CCN1C(=O)c2cccc(N3CCNCC3)c2C1O. The molecule has 0 aromatic heterocycles. The van der Waals surface area contributed by atoms with Crippen LogP contribution >= 0.6 is 0 Å². The first-order chi connectivity index (χ1) is 9.24. The van der Waals surface area contributed by atoms with Crippen LogP contribution in [0.2, 0.25) is 0 Å². The molecule has 5 nitrogen and oxygen atoms in total. The molecule has 1 saturated heterocycles. The first-order valence-electron chi connectivity index (χ1n) is 6.81. The number of nitrogens with zero attached hydrogens (tertiary/aromatic N) is 2. The van der Waals surface area contributed by atoms with Gasteiger partial charge in [0.05, 0.1) is 0 Å². The van der Waals surface area contributed by atoms with Gasteiger partial charge in [-0.25, -0.2) is 0 Å². The molecule has 2 aliphatic heterocycles.